The highest BCUT2D eigenvalue weighted by atomic mass is 32.2. The number of thioether (sulfide) groups is 1. The van der Waals surface area contributed by atoms with Gasteiger partial charge in [-0.25, -0.2) is 4.99 Å². The van der Waals surface area contributed by atoms with Gasteiger partial charge in [0.2, 0.25) is 0 Å². The van der Waals surface area contributed by atoms with Crippen LogP contribution in [-0.2, 0) is 4.79 Å². The standard InChI is InChI=1S/C23H18N6O2S/c1-14-5-6-18-19(12-14)32-23-26-13-16(20(29(18)23)17-4-2-3-9-25-17)22(31)28-27-21(30)15-7-10-24-11-8-15/h2-13,20H,1H3,(H,27,30)(H,28,31)/t20-/m1/s1. The Bertz CT molecular complexity index is 1260. The molecule has 0 saturated carbocycles. The Morgan fingerprint density at radius 3 is 2.59 bits per heavy atom. The fourth-order valence-electron chi connectivity index (χ4n) is 3.60. The third-order valence-corrected chi connectivity index (χ3v) is 6.14. The molecule has 0 fully saturated rings. The number of fused-ring (bicyclic) bond motifs is 3. The second kappa shape index (κ2) is 8.27. The molecule has 2 aromatic heterocycles. The molecule has 1 aromatic carbocycles. The summed E-state index contributed by atoms with van der Waals surface area (Å²) in [5.74, 6) is -0.898. The van der Waals surface area contributed by atoms with Crippen LogP contribution in [0.2, 0.25) is 0 Å². The second-order valence-electron chi connectivity index (χ2n) is 7.24. The van der Waals surface area contributed by atoms with Gasteiger partial charge in [0.1, 0.15) is 6.04 Å². The van der Waals surface area contributed by atoms with Crippen LogP contribution < -0.4 is 15.8 Å². The number of pyridine rings is 2. The van der Waals surface area contributed by atoms with Crippen molar-refractivity contribution < 1.29 is 9.59 Å². The number of nitrogens with one attached hydrogen (secondary N) is 2. The van der Waals surface area contributed by atoms with Crippen LogP contribution in [0.4, 0.5) is 5.69 Å². The van der Waals surface area contributed by atoms with Gasteiger partial charge in [0.05, 0.1) is 17.0 Å². The first-order chi connectivity index (χ1) is 15.6. The lowest BCUT2D eigenvalue weighted by molar-refractivity contribution is -0.118. The molecule has 0 unspecified atom stereocenters. The Morgan fingerprint density at radius 2 is 1.81 bits per heavy atom. The van der Waals surface area contributed by atoms with Crippen LogP contribution in [0.25, 0.3) is 0 Å². The monoisotopic (exact) mass is 442 g/mol. The zero-order valence-electron chi connectivity index (χ0n) is 17.0. The third kappa shape index (κ3) is 3.63. The Morgan fingerprint density at radius 1 is 1.00 bits per heavy atom. The van der Waals surface area contributed by atoms with Crippen LogP contribution in [0.1, 0.15) is 27.7 Å². The quantitative estimate of drug-likeness (QED) is 0.605. The van der Waals surface area contributed by atoms with E-state index in [9.17, 15) is 9.59 Å². The van der Waals surface area contributed by atoms with Gasteiger partial charge in [-0.1, -0.05) is 12.1 Å². The summed E-state index contributed by atoms with van der Waals surface area (Å²) in [5, 5.41) is 0.777. The fourth-order valence-corrected chi connectivity index (χ4v) is 4.72. The molecule has 0 aliphatic carbocycles. The van der Waals surface area contributed by atoms with E-state index in [1.165, 1.54) is 12.4 Å². The smallest absolute Gasteiger partial charge is 0.269 e. The maximum Gasteiger partial charge on any atom is 0.269 e. The molecule has 2 aliphatic rings. The van der Waals surface area contributed by atoms with Crippen LogP contribution in [0.5, 0.6) is 0 Å². The van der Waals surface area contributed by atoms with Crippen molar-refractivity contribution in [3.63, 3.8) is 0 Å². The summed E-state index contributed by atoms with van der Waals surface area (Å²) in [6.07, 6.45) is 6.27. The molecule has 5 rings (SSSR count). The Balaban J connectivity index is 1.45. The van der Waals surface area contributed by atoms with E-state index in [1.54, 1.807) is 36.3 Å². The minimum Gasteiger partial charge on any atom is -0.306 e. The average Bonchev–Trinajstić information content (AvgIpc) is 3.20. The van der Waals surface area contributed by atoms with Crippen molar-refractivity contribution in [2.24, 2.45) is 4.99 Å². The van der Waals surface area contributed by atoms with Crippen molar-refractivity contribution in [2.45, 2.75) is 17.9 Å². The largest absolute Gasteiger partial charge is 0.306 e. The summed E-state index contributed by atoms with van der Waals surface area (Å²) >= 11 is 1.56. The Hall–Kier alpha value is -3.98. The zero-order chi connectivity index (χ0) is 22.1. The molecule has 8 nitrogen and oxygen atoms in total. The normalized spacial score (nSPS) is 16.4. The van der Waals surface area contributed by atoms with Gasteiger partial charge in [-0.15, -0.1) is 0 Å². The Labute approximate surface area is 188 Å². The number of nitrogens with zero attached hydrogens (tertiary/aromatic N) is 4. The maximum absolute atomic E-state index is 13.1. The topological polar surface area (TPSA) is 99.6 Å². The van der Waals surface area contributed by atoms with Crippen molar-refractivity contribution >= 4 is 34.4 Å². The van der Waals surface area contributed by atoms with E-state index in [2.05, 4.69) is 31.9 Å². The molecule has 2 amide bonds. The molecule has 0 radical (unpaired) electrons. The summed E-state index contributed by atoms with van der Waals surface area (Å²) in [6, 6.07) is 14.4. The van der Waals surface area contributed by atoms with E-state index < -0.39 is 17.9 Å². The predicted molar refractivity (Wildman–Crippen MR) is 122 cm³/mol. The zero-order valence-corrected chi connectivity index (χ0v) is 17.8. The number of aliphatic imine (C=N–C) groups is 1. The number of rotatable bonds is 3. The number of anilines is 1. The first-order valence-electron chi connectivity index (χ1n) is 9.89. The number of amides is 2. The first kappa shape index (κ1) is 20.0. The lowest BCUT2D eigenvalue weighted by Crippen LogP contribution is -2.46. The van der Waals surface area contributed by atoms with E-state index in [0.717, 1.165) is 21.3 Å². The summed E-state index contributed by atoms with van der Waals surface area (Å²) in [4.78, 5) is 41.5. The number of carbonyl (C=O) groups is 2. The van der Waals surface area contributed by atoms with Gasteiger partial charge in [-0.05, 0) is 60.6 Å². The SMILES string of the molecule is Cc1ccc2c(c1)SC1=NC=C(C(=O)NNC(=O)c3ccncc3)[C@H](c3ccccn3)N12. The van der Waals surface area contributed by atoms with Gasteiger partial charge in [0.25, 0.3) is 11.8 Å². The molecule has 2 aliphatic heterocycles. The van der Waals surface area contributed by atoms with Gasteiger partial charge in [0.15, 0.2) is 5.17 Å². The number of hydrogen-bond donors (Lipinski definition) is 2. The average molecular weight is 443 g/mol. The molecule has 0 bridgehead atoms. The van der Waals surface area contributed by atoms with Gasteiger partial charge < -0.3 is 4.90 Å². The number of aromatic nitrogens is 2. The number of hydrogen-bond acceptors (Lipinski definition) is 7. The molecule has 3 aromatic rings. The summed E-state index contributed by atoms with van der Waals surface area (Å²) in [6.45, 7) is 2.04. The molecular weight excluding hydrogens is 424 g/mol. The number of hydrazine groups is 1. The summed E-state index contributed by atoms with van der Waals surface area (Å²) in [7, 11) is 0. The molecule has 9 heteroatoms. The van der Waals surface area contributed by atoms with Crippen LogP contribution in [0.15, 0.2) is 88.8 Å². The number of amidine groups is 1. The maximum atomic E-state index is 13.1. The molecule has 1 atom stereocenters. The van der Waals surface area contributed by atoms with E-state index in [-0.39, 0.29) is 0 Å². The minimum absolute atomic E-state index is 0.372. The fraction of sp³-hybridized carbons (Fsp3) is 0.0870. The van der Waals surface area contributed by atoms with E-state index in [4.69, 9.17) is 0 Å². The predicted octanol–water partition coefficient (Wildman–Crippen LogP) is 3.15. The molecule has 0 spiro atoms. The van der Waals surface area contributed by atoms with E-state index >= 15 is 0 Å². The molecule has 158 valence electrons. The first-order valence-corrected chi connectivity index (χ1v) is 10.7. The third-order valence-electron chi connectivity index (χ3n) is 5.11. The van der Waals surface area contributed by atoms with Gasteiger partial charge in [-0.3, -0.25) is 30.4 Å². The molecule has 2 N–H and O–H groups in total. The molecule has 4 heterocycles. The van der Waals surface area contributed by atoms with Gasteiger partial charge >= 0.3 is 0 Å². The van der Waals surface area contributed by atoms with Crippen molar-refractivity contribution in [1.82, 2.24) is 20.8 Å². The van der Waals surface area contributed by atoms with Crippen molar-refractivity contribution in [3.05, 3.63) is 95.7 Å². The summed E-state index contributed by atoms with van der Waals surface area (Å²) in [5.41, 5.74) is 8.54. The van der Waals surface area contributed by atoms with Crippen molar-refractivity contribution in [1.29, 1.82) is 0 Å². The van der Waals surface area contributed by atoms with Crippen LogP contribution in [0, 0.1) is 6.92 Å². The second-order valence-corrected chi connectivity index (χ2v) is 8.25. The van der Waals surface area contributed by atoms with Gasteiger partial charge in [0, 0.05) is 35.2 Å². The van der Waals surface area contributed by atoms with E-state index in [0.29, 0.717) is 16.8 Å². The molecular formula is C23H18N6O2S. The Kier molecular flexibility index (Phi) is 5.16. The van der Waals surface area contributed by atoms with E-state index in [1.807, 2.05) is 42.2 Å². The van der Waals surface area contributed by atoms with Crippen LogP contribution >= 0.6 is 11.8 Å². The summed E-state index contributed by atoms with van der Waals surface area (Å²) < 4.78 is 0. The van der Waals surface area contributed by atoms with Crippen molar-refractivity contribution in [3.8, 4) is 0 Å². The van der Waals surface area contributed by atoms with Crippen LogP contribution in [-0.4, -0.2) is 26.9 Å². The number of carbonyl (C=O) groups excluding carboxylic acids is 2. The molecule has 32 heavy (non-hydrogen) atoms. The minimum atomic E-state index is -0.488. The lowest BCUT2D eigenvalue weighted by Gasteiger charge is -2.33. The van der Waals surface area contributed by atoms with Crippen molar-refractivity contribution in [2.75, 3.05) is 4.90 Å². The molecule has 0 saturated heterocycles. The highest BCUT2D eigenvalue weighted by Gasteiger charge is 2.40. The number of benzene rings is 1. The lowest BCUT2D eigenvalue weighted by atomic mass is 10.00. The highest BCUT2D eigenvalue weighted by molar-refractivity contribution is 8.14. The highest BCUT2D eigenvalue weighted by Crippen LogP contribution is 2.48. The van der Waals surface area contributed by atoms with Gasteiger partial charge in [-0.2, -0.15) is 0 Å². The van der Waals surface area contributed by atoms with Crippen LogP contribution in [0.3, 0.4) is 0 Å². The number of aryl methyl sites for hydroxylation is 1.